The quantitative estimate of drug-likeness (QED) is 0.289. The molecule has 234 valence electrons. The van der Waals surface area contributed by atoms with Gasteiger partial charge in [-0.2, -0.15) is 9.97 Å². The number of halogens is 4. The number of nitrogens with zero attached hydrogens (tertiary/aromatic N) is 5. The number of phenols is 1. The Bertz CT molecular complexity index is 1900. The Kier molecular flexibility index (Phi) is 6.55. The third kappa shape index (κ3) is 4.47. The molecule has 2 aromatic heterocycles. The number of benzene rings is 2. The van der Waals surface area contributed by atoms with Crippen molar-refractivity contribution in [3.63, 3.8) is 0 Å². The number of rotatable bonds is 5. The first kappa shape index (κ1) is 28.6. The van der Waals surface area contributed by atoms with Crippen LogP contribution in [0.2, 0.25) is 5.02 Å². The number of carbonyl (C=O) groups excluding carboxylic acids is 1. The highest BCUT2D eigenvalue weighted by atomic mass is 35.5. The number of aromatic nitrogens is 3. The largest absolute Gasteiger partial charge is 0.508 e. The van der Waals surface area contributed by atoms with Gasteiger partial charge in [0.1, 0.15) is 41.4 Å². The Hall–Kier alpha value is -3.90. The maximum atomic E-state index is 16.7. The summed E-state index contributed by atoms with van der Waals surface area (Å²) < 4.78 is 51.9. The average molecular weight is 639 g/mol. The summed E-state index contributed by atoms with van der Waals surface area (Å²) in [4.78, 5) is 30.3. The molecule has 0 aliphatic carbocycles. The molecule has 2 N–H and O–H groups in total. The zero-order chi connectivity index (χ0) is 31.1. The molecule has 4 aromatic rings. The van der Waals surface area contributed by atoms with Crippen LogP contribution in [-0.2, 0) is 4.79 Å². The maximum Gasteiger partial charge on any atom is 0.319 e. The molecule has 9 nitrogen and oxygen atoms in total. The summed E-state index contributed by atoms with van der Waals surface area (Å²) in [5, 5.41) is 14.0. The highest BCUT2D eigenvalue weighted by Gasteiger charge is 2.50. The Morgan fingerprint density at radius 2 is 2.00 bits per heavy atom. The molecular formula is C32H30ClF3N6O3. The number of β-lactam (4-membered cyclic amide) rings is 1. The fraction of sp³-hybridized carbons (Fsp3) is 0.438. The first-order chi connectivity index (χ1) is 21.7. The van der Waals surface area contributed by atoms with Gasteiger partial charge in [0.2, 0.25) is 5.91 Å². The Labute approximate surface area is 261 Å². The third-order valence-electron chi connectivity index (χ3n) is 10.1. The van der Waals surface area contributed by atoms with Crippen LogP contribution in [-0.4, -0.2) is 81.9 Å². The molecule has 13 heteroatoms. The van der Waals surface area contributed by atoms with Crippen molar-refractivity contribution in [2.75, 3.05) is 44.2 Å². The van der Waals surface area contributed by atoms with Crippen LogP contribution in [0, 0.1) is 17.0 Å². The summed E-state index contributed by atoms with van der Waals surface area (Å²) in [6.45, 7) is 2.82. The number of aromatic hydroxyl groups is 1. The molecule has 2 aromatic carbocycles. The number of nitrogens with one attached hydrogen (secondary N) is 1. The van der Waals surface area contributed by atoms with E-state index in [0.29, 0.717) is 49.2 Å². The van der Waals surface area contributed by atoms with E-state index in [2.05, 4.69) is 20.2 Å². The molecule has 3 atom stereocenters. The number of hydrogen-bond acceptors (Lipinski definition) is 8. The zero-order valence-corrected chi connectivity index (χ0v) is 25.0. The van der Waals surface area contributed by atoms with E-state index >= 15 is 4.39 Å². The van der Waals surface area contributed by atoms with Crippen LogP contribution >= 0.6 is 11.6 Å². The molecule has 1 spiro atoms. The van der Waals surface area contributed by atoms with Gasteiger partial charge in [-0.3, -0.25) is 14.7 Å². The van der Waals surface area contributed by atoms with Crippen LogP contribution in [0.15, 0.2) is 30.5 Å². The zero-order valence-electron chi connectivity index (χ0n) is 24.3. The Balaban J connectivity index is 1.27. The second kappa shape index (κ2) is 10.3. The average Bonchev–Trinajstić information content (AvgIpc) is 3.56. The van der Waals surface area contributed by atoms with E-state index in [1.165, 1.54) is 30.5 Å². The molecule has 1 unspecified atom stereocenters. The monoisotopic (exact) mass is 638 g/mol. The topological polar surface area (TPSA) is 104 Å². The SMILES string of the molecule is O=C1NCC12CCCN(c1nc(OC[C@@]34CCCN3C[C@H](F)C4)nc3c(F)c(-c4cc(O)cc5ccc(F)c(Cl)c45)ncc13)C2. The van der Waals surface area contributed by atoms with Gasteiger partial charge >= 0.3 is 6.01 Å². The fourth-order valence-corrected chi connectivity index (χ4v) is 8.06. The summed E-state index contributed by atoms with van der Waals surface area (Å²) >= 11 is 6.35. The lowest BCUT2D eigenvalue weighted by atomic mass is 9.74. The fourth-order valence-electron chi connectivity index (χ4n) is 7.78. The van der Waals surface area contributed by atoms with E-state index in [9.17, 15) is 18.7 Å². The third-order valence-corrected chi connectivity index (χ3v) is 10.4. The van der Waals surface area contributed by atoms with Crippen molar-refractivity contribution in [2.45, 2.75) is 43.8 Å². The summed E-state index contributed by atoms with van der Waals surface area (Å²) in [6.07, 6.45) is 4.04. The number of amides is 1. The lowest BCUT2D eigenvalue weighted by Gasteiger charge is -2.47. The molecule has 4 saturated heterocycles. The predicted octanol–water partition coefficient (Wildman–Crippen LogP) is 5.15. The van der Waals surface area contributed by atoms with E-state index in [-0.39, 0.29) is 51.5 Å². The van der Waals surface area contributed by atoms with Crippen molar-refractivity contribution < 1.29 is 27.8 Å². The van der Waals surface area contributed by atoms with Crippen LogP contribution in [0.1, 0.15) is 32.1 Å². The van der Waals surface area contributed by atoms with Crippen molar-refractivity contribution >= 4 is 45.0 Å². The van der Waals surface area contributed by atoms with Crippen LogP contribution in [0.4, 0.5) is 19.0 Å². The van der Waals surface area contributed by atoms with Crippen molar-refractivity contribution in [3.05, 3.63) is 47.1 Å². The molecule has 4 aliphatic heterocycles. The molecule has 0 bridgehead atoms. The van der Waals surface area contributed by atoms with Crippen LogP contribution in [0.25, 0.3) is 32.9 Å². The summed E-state index contributed by atoms with van der Waals surface area (Å²) in [5.74, 6) is -1.33. The van der Waals surface area contributed by atoms with E-state index in [0.717, 1.165) is 32.2 Å². The summed E-state index contributed by atoms with van der Waals surface area (Å²) in [7, 11) is 0. The molecule has 0 saturated carbocycles. The summed E-state index contributed by atoms with van der Waals surface area (Å²) in [5.41, 5.74) is -1.19. The number of fused-ring (bicyclic) bond motifs is 3. The minimum Gasteiger partial charge on any atom is -0.508 e. The van der Waals surface area contributed by atoms with E-state index in [1.807, 2.05) is 4.90 Å². The van der Waals surface area contributed by atoms with Gasteiger partial charge < -0.3 is 20.1 Å². The standard InChI is InChI=1S/C32H30ClF3N6O3/c33-24-22(35)4-3-17-9-19(43)10-20(23(17)24)26-25(36)27-21(12-37-26)28(41-7-1-5-31(15-41)14-38-29(31)44)40-30(39-27)45-16-32-6-2-8-42(32)13-18(34)11-32/h3-4,9-10,12,18,43H,1-2,5-8,11,13-16H2,(H,38,44)/t18-,31?,32+/m1/s1. The van der Waals surface area contributed by atoms with Gasteiger partial charge in [-0.25, -0.2) is 13.2 Å². The molecule has 8 rings (SSSR count). The highest BCUT2D eigenvalue weighted by Crippen LogP contribution is 2.43. The molecule has 4 fully saturated rings. The molecule has 1 amide bonds. The number of carbonyl (C=O) groups is 1. The van der Waals surface area contributed by atoms with Crippen molar-refractivity contribution in [1.82, 2.24) is 25.2 Å². The predicted molar refractivity (Wildman–Crippen MR) is 162 cm³/mol. The smallest absolute Gasteiger partial charge is 0.319 e. The lowest BCUT2D eigenvalue weighted by molar-refractivity contribution is -0.140. The number of phenolic OH excluding ortho intramolecular Hbond substituents is 1. The van der Waals surface area contributed by atoms with Gasteiger partial charge in [0.05, 0.1) is 21.4 Å². The minimum absolute atomic E-state index is 0.0177. The number of ether oxygens (including phenoxy) is 1. The minimum atomic E-state index is -0.944. The van der Waals surface area contributed by atoms with Crippen LogP contribution < -0.4 is 15.0 Å². The molecule has 45 heavy (non-hydrogen) atoms. The second-order valence-electron chi connectivity index (χ2n) is 12.8. The first-order valence-corrected chi connectivity index (χ1v) is 15.6. The summed E-state index contributed by atoms with van der Waals surface area (Å²) in [6, 6.07) is 5.25. The maximum absolute atomic E-state index is 16.7. The van der Waals surface area contributed by atoms with Gasteiger partial charge in [0.15, 0.2) is 5.82 Å². The number of anilines is 1. The molecule has 0 radical (unpaired) electrons. The number of alkyl halides is 1. The second-order valence-corrected chi connectivity index (χ2v) is 13.2. The Morgan fingerprint density at radius 3 is 2.80 bits per heavy atom. The van der Waals surface area contributed by atoms with E-state index in [1.54, 1.807) is 0 Å². The lowest BCUT2D eigenvalue weighted by Crippen LogP contribution is -2.65. The number of hydrogen-bond donors (Lipinski definition) is 2. The van der Waals surface area contributed by atoms with Gasteiger partial charge in [-0.15, -0.1) is 0 Å². The number of piperidine rings is 1. The van der Waals surface area contributed by atoms with Gasteiger partial charge in [-0.1, -0.05) is 17.7 Å². The Morgan fingerprint density at radius 1 is 1.16 bits per heavy atom. The van der Waals surface area contributed by atoms with Gasteiger partial charge in [0.25, 0.3) is 0 Å². The van der Waals surface area contributed by atoms with Crippen LogP contribution in [0.5, 0.6) is 11.8 Å². The van der Waals surface area contributed by atoms with E-state index in [4.69, 9.17) is 21.3 Å². The van der Waals surface area contributed by atoms with Crippen LogP contribution in [0.3, 0.4) is 0 Å². The van der Waals surface area contributed by atoms with Crippen molar-refractivity contribution in [3.8, 4) is 23.0 Å². The van der Waals surface area contributed by atoms with Gasteiger partial charge in [-0.05, 0) is 55.8 Å². The molecule has 4 aliphatic rings. The van der Waals surface area contributed by atoms with E-state index < -0.39 is 28.8 Å². The number of pyridine rings is 1. The van der Waals surface area contributed by atoms with Gasteiger partial charge in [0, 0.05) is 49.7 Å². The highest BCUT2D eigenvalue weighted by molar-refractivity contribution is 6.37. The molecule has 6 heterocycles. The van der Waals surface area contributed by atoms with Crippen molar-refractivity contribution in [1.29, 1.82) is 0 Å². The molecular weight excluding hydrogens is 609 g/mol. The van der Waals surface area contributed by atoms with Crippen molar-refractivity contribution in [2.24, 2.45) is 5.41 Å². The normalized spacial score (nSPS) is 26.4. The first-order valence-electron chi connectivity index (χ1n) is 15.2.